The maximum absolute atomic E-state index is 5.94. The summed E-state index contributed by atoms with van der Waals surface area (Å²) in [5, 5.41) is 0. The fraction of sp³-hybridized carbons (Fsp3) is 0.308. The Kier molecular flexibility index (Phi) is 3.34. The molecule has 0 unspecified atom stereocenters. The maximum atomic E-state index is 5.94. The third kappa shape index (κ3) is 2.51. The average molecular weight is 307 g/mol. The van der Waals surface area contributed by atoms with Crippen molar-refractivity contribution in [3.05, 3.63) is 34.7 Å². The van der Waals surface area contributed by atoms with Gasteiger partial charge in [0.2, 0.25) is 0 Å². The molecule has 0 aliphatic heterocycles. The molecule has 0 bridgehead atoms. The Morgan fingerprint density at radius 2 is 1.72 bits per heavy atom. The predicted molar refractivity (Wildman–Crippen MR) is 76.1 cm³/mol. The monoisotopic (exact) mass is 306 g/mol. The summed E-state index contributed by atoms with van der Waals surface area (Å²) in [7, 11) is 0. The number of hydrogen-bond donors (Lipinski definition) is 1. The molecule has 2 N–H and O–H groups in total. The molecule has 2 rings (SSSR count). The summed E-state index contributed by atoms with van der Waals surface area (Å²) in [5.41, 5.74) is 7.66. The molecule has 18 heavy (non-hydrogen) atoms. The van der Waals surface area contributed by atoms with Crippen molar-refractivity contribution >= 4 is 21.7 Å². The molecule has 0 saturated heterocycles. The molecule has 0 radical (unpaired) electrons. The average Bonchev–Trinajstić information content (AvgIpc) is 2.32. The molecule has 0 fully saturated rings. The van der Waals surface area contributed by atoms with Gasteiger partial charge in [0.15, 0.2) is 5.82 Å². The number of rotatable bonds is 1. The summed E-state index contributed by atoms with van der Waals surface area (Å²) < 4.78 is 0.771. The van der Waals surface area contributed by atoms with Gasteiger partial charge in [0.05, 0.1) is 10.2 Å². The van der Waals surface area contributed by atoms with Crippen LogP contribution in [-0.4, -0.2) is 15.0 Å². The smallest absolute Gasteiger partial charge is 0.161 e. The van der Waals surface area contributed by atoms with E-state index in [9.17, 15) is 0 Å². The minimum atomic E-state index is -0.0995. The van der Waals surface area contributed by atoms with E-state index in [0.717, 1.165) is 15.7 Å². The van der Waals surface area contributed by atoms with Crippen LogP contribution in [-0.2, 0) is 5.41 Å². The van der Waals surface area contributed by atoms with Crippen LogP contribution in [0.4, 0.5) is 5.82 Å². The lowest BCUT2D eigenvalue weighted by Crippen LogP contribution is -2.17. The highest BCUT2D eigenvalue weighted by molar-refractivity contribution is 9.10. The first-order valence-electron chi connectivity index (χ1n) is 5.63. The van der Waals surface area contributed by atoms with Crippen LogP contribution in [0.2, 0.25) is 0 Å². The van der Waals surface area contributed by atoms with Gasteiger partial charge >= 0.3 is 0 Å². The van der Waals surface area contributed by atoms with E-state index in [4.69, 9.17) is 5.73 Å². The lowest BCUT2D eigenvalue weighted by molar-refractivity contribution is 0.565. The van der Waals surface area contributed by atoms with Gasteiger partial charge < -0.3 is 5.73 Å². The SMILES string of the molecule is CC(C)(C)c1nc(-c2ccncc2)nc(N)c1Br. The molecule has 0 aromatic carbocycles. The predicted octanol–water partition coefficient (Wildman–Crippen LogP) is 3.18. The molecule has 0 atom stereocenters. The van der Waals surface area contributed by atoms with E-state index < -0.39 is 0 Å². The van der Waals surface area contributed by atoms with Gasteiger partial charge in [-0.05, 0) is 28.1 Å². The van der Waals surface area contributed by atoms with E-state index in [2.05, 4.69) is 51.7 Å². The summed E-state index contributed by atoms with van der Waals surface area (Å²) in [6.07, 6.45) is 3.43. The Labute approximate surface area is 115 Å². The first kappa shape index (κ1) is 13.0. The normalized spacial score (nSPS) is 11.6. The molecule has 2 aromatic rings. The number of halogens is 1. The summed E-state index contributed by atoms with van der Waals surface area (Å²) in [4.78, 5) is 12.9. The van der Waals surface area contributed by atoms with Crippen LogP contribution in [0.25, 0.3) is 11.4 Å². The first-order chi connectivity index (χ1) is 8.39. The molecule has 0 aliphatic rings. The van der Waals surface area contributed by atoms with E-state index >= 15 is 0 Å². The molecule has 5 heteroatoms. The third-order valence-corrected chi connectivity index (χ3v) is 3.31. The molecule has 0 saturated carbocycles. The first-order valence-corrected chi connectivity index (χ1v) is 6.43. The van der Waals surface area contributed by atoms with Gasteiger partial charge in [0.25, 0.3) is 0 Å². The van der Waals surface area contributed by atoms with Crippen molar-refractivity contribution in [2.24, 2.45) is 0 Å². The minimum Gasteiger partial charge on any atom is -0.383 e. The highest BCUT2D eigenvalue weighted by atomic mass is 79.9. The van der Waals surface area contributed by atoms with Crippen LogP contribution in [0.3, 0.4) is 0 Å². The Hall–Kier alpha value is -1.49. The number of nitrogens with two attached hydrogens (primary N) is 1. The quantitative estimate of drug-likeness (QED) is 0.879. The summed E-state index contributed by atoms with van der Waals surface area (Å²) in [5.74, 6) is 1.09. The number of pyridine rings is 1. The number of nitrogens with zero attached hydrogens (tertiary/aromatic N) is 3. The summed E-state index contributed by atoms with van der Waals surface area (Å²) in [6, 6.07) is 3.74. The van der Waals surface area contributed by atoms with Gasteiger partial charge in [-0.25, -0.2) is 9.97 Å². The van der Waals surface area contributed by atoms with E-state index in [0.29, 0.717) is 11.6 Å². The van der Waals surface area contributed by atoms with Crippen molar-refractivity contribution in [3.63, 3.8) is 0 Å². The highest BCUT2D eigenvalue weighted by Gasteiger charge is 2.22. The number of hydrogen-bond acceptors (Lipinski definition) is 4. The molecule has 94 valence electrons. The molecular formula is C13H15BrN4. The second-order valence-corrected chi connectivity index (χ2v) is 5.87. The van der Waals surface area contributed by atoms with E-state index in [1.54, 1.807) is 12.4 Å². The maximum Gasteiger partial charge on any atom is 0.161 e. The Morgan fingerprint density at radius 3 is 2.28 bits per heavy atom. The van der Waals surface area contributed by atoms with Gasteiger partial charge in [-0.2, -0.15) is 0 Å². The van der Waals surface area contributed by atoms with Crippen LogP contribution in [0.15, 0.2) is 29.0 Å². The zero-order valence-corrected chi connectivity index (χ0v) is 12.2. The van der Waals surface area contributed by atoms with Gasteiger partial charge in [0.1, 0.15) is 5.82 Å². The Balaban J connectivity index is 2.62. The van der Waals surface area contributed by atoms with Crippen LogP contribution >= 0.6 is 15.9 Å². The van der Waals surface area contributed by atoms with Crippen LogP contribution in [0.5, 0.6) is 0 Å². The van der Waals surface area contributed by atoms with Crippen molar-refractivity contribution in [2.45, 2.75) is 26.2 Å². The Morgan fingerprint density at radius 1 is 1.11 bits per heavy atom. The van der Waals surface area contributed by atoms with E-state index in [-0.39, 0.29) is 5.41 Å². The van der Waals surface area contributed by atoms with E-state index in [1.807, 2.05) is 12.1 Å². The fourth-order valence-electron chi connectivity index (χ4n) is 1.59. The second-order valence-electron chi connectivity index (χ2n) is 5.08. The molecule has 4 nitrogen and oxygen atoms in total. The molecule has 0 spiro atoms. The molecular weight excluding hydrogens is 292 g/mol. The molecule has 0 amide bonds. The van der Waals surface area contributed by atoms with Crippen molar-refractivity contribution < 1.29 is 0 Å². The largest absolute Gasteiger partial charge is 0.383 e. The lowest BCUT2D eigenvalue weighted by Gasteiger charge is -2.20. The fourth-order valence-corrected chi connectivity index (χ4v) is 2.36. The number of anilines is 1. The molecule has 0 aliphatic carbocycles. The summed E-state index contributed by atoms with van der Waals surface area (Å²) >= 11 is 3.46. The van der Waals surface area contributed by atoms with Crippen molar-refractivity contribution in [2.75, 3.05) is 5.73 Å². The lowest BCUT2D eigenvalue weighted by atomic mass is 9.92. The zero-order valence-electron chi connectivity index (χ0n) is 10.6. The second kappa shape index (κ2) is 4.65. The van der Waals surface area contributed by atoms with Crippen molar-refractivity contribution in [1.82, 2.24) is 15.0 Å². The highest BCUT2D eigenvalue weighted by Crippen LogP contribution is 2.32. The van der Waals surface area contributed by atoms with Gasteiger partial charge in [-0.15, -0.1) is 0 Å². The third-order valence-electron chi connectivity index (χ3n) is 2.53. The van der Waals surface area contributed by atoms with Crippen LogP contribution in [0, 0.1) is 0 Å². The van der Waals surface area contributed by atoms with Gasteiger partial charge in [-0.3, -0.25) is 4.98 Å². The summed E-state index contributed by atoms with van der Waals surface area (Å²) in [6.45, 7) is 6.28. The standard InChI is InChI=1S/C13H15BrN4/c1-13(2,3)10-9(14)11(15)18-12(17-10)8-4-6-16-7-5-8/h4-7H,1-3H3,(H2,15,17,18). The van der Waals surface area contributed by atoms with E-state index in [1.165, 1.54) is 0 Å². The zero-order chi connectivity index (χ0) is 13.3. The number of aromatic nitrogens is 3. The van der Waals surface area contributed by atoms with Crippen molar-refractivity contribution in [1.29, 1.82) is 0 Å². The van der Waals surface area contributed by atoms with Gasteiger partial charge in [-0.1, -0.05) is 20.8 Å². The molecule has 2 heterocycles. The number of nitrogen functional groups attached to an aromatic ring is 1. The molecule has 2 aromatic heterocycles. The minimum absolute atomic E-state index is 0.0995. The Bertz CT molecular complexity index is 561. The van der Waals surface area contributed by atoms with Crippen LogP contribution in [0.1, 0.15) is 26.5 Å². The van der Waals surface area contributed by atoms with Crippen LogP contribution < -0.4 is 5.73 Å². The van der Waals surface area contributed by atoms with Gasteiger partial charge in [0, 0.05) is 23.4 Å². The topological polar surface area (TPSA) is 64.7 Å². The van der Waals surface area contributed by atoms with Crippen molar-refractivity contribution in [3.8, 4) is 11.4 Å².